The molecule has 14 heavy (non-hydrogen) atoms. The Morgan fingerprint density at radius 2 is 1.93 bits per heavy atom. The topological polar surface area (TPSA) is 74.6 Å². The molecule has 74 valence electrons. The molecule has 1 rings (SSSR count). The predicted molar refractivity (Wildman–Crippen MR) is 45.0 cm³/mol. The van der Waals surface area contributed by atoms with Crippen molar-refractivity contribution in [3.8, 4) is 5.75 Å². The van der Waals surface area contributed by atoms with Crippen LogP contribution in [0.2, 0.25) is 5.02 Å². The zero-order chi connectivity index (χ0) is 10.9. The van der Waals surface area contributed by atoms with Crippen LogP contribution < -0.4 is 0 Å². The normalized spacial score (nSPS) is 9.86. The van der Waals surface area contributed by atoms with E-state index >= 15 is 0 Å². The number of aromatic hydroxyl groups is 1. The smallest absolute Gasteiger partial charge is 0.377 e. The third-order valence-electron chi connectivity index (χ3n) is 1.47. The number of Topliss-reactive ketones (excluding diaryl/α,β-unsaturated/α-hetero) is 1. The minimum atomic E-state index is -1.72. The van der Waals surface area contributed by atoms with Gasteiger partial charge in [-0.25, -0.2) is 9.18 Å². The van der Waals surface area contributed by atoms with Crippen LogP contribution in [0, 0.1) is 5.82 Å². The number of carboxylic acid groups (broad SMARTS) is 1. The van der Waals surface area contributed by atoms with Crippen molar-refractivity contribution < 1.29 is 24.2 Å². The summed E-state index contributed by atoms with van der Waals surface area (Å²) in [5.41, 5.74) is -0.419. The van der Waals surface area contributed by atoms with Gasteiger partial charge >= 0.3 is 5.97 Å². The average Bonchev–Trinajstić information content (AvgIpc) is 2.12. The predicted octanol–water partition coefficient (Wildman–Crippen LogP) is 1.45. The van der Waals surface area contributed by atoms with Crippen molar-refractivity contribution in [3.05, 3.63) is 28.5 Å². The van der Waals surface area contributed by atoms with Gasteiger partial charge in [0.25, 0.3) is 5.78 Å². The van der Waals surface area contributed by atoms with Gasteiger partial charge in [0, 0.05) is 5.56 Å². The van der Waals surface area contributed by atoms with Crippen molar-refractivity contribution in [2.45, 2.75) is 0 Å². The van der Waals surface area contributed by atoms with Gasteiger partial charge in [-0.1, -0.05) is 11.6 Å². The van der Waals surface area contributed by atoms with Gasteiger partial charge in [0.2, 0.25) is 0 Å². The lowest BCUT2D eigenvalue weighted by Crippen LogP contribution is -2.12. The van der Waals surface area contributed by atoms with Gasteiger partial charge in [-0.3, -0.25) is 4.79 Å². The number of rotatable bonds is 2. The third kappa shape index (κ3) is 1.82. The molecule has 0 fully saturated rings. The maximum Gasteiger partial charge on any atom is 0.377 e. The summed E-state index contributed by atoms with van der Waals surface area (Å²) in [4.78, 5) is 21.1. The van der Waals surface area contributed by atoms with Gasteiger partial charge in [0.05, 0.1) is 5.02 Å². The van der Waals surface area contributed by atoms with E-state index in [1.807, 2.05) is 0 Å². The molecular weight excluding hydrogens is 215 g/mol. The Balaban J connectivity index is 3.26. The van der Waals surface area contributed by atoms with Crippen molar-refractivity contribution in [3.63, 3.8) is 0 Å². The summed E-state index contributed by atoms with van der Waals surface area (Å²) in [6.07, 6.45) is 0. The van der Waals surface area contributed by atoms with Gasteiger partial charge in [0.1, 0.15) is 0 Å². The first-order valence-electron chi connectivity index (χ1n) is 3.39. The van der Waals surface area contributed by atoms with Crippen LogP contribution in [0.25, 0.3) is 0 Å². The van der Waals surface area contributed by atoms with Crippen molar-refractivity contribution in [2.24, 2.45) is 0 Å². The van der Waals surface area contributed by atoms with Crippen LogP contribution in [-0.2, 0) is 4.79 Å². The number of hydrogen-bond acceptors (Lipinski definition) is 3. The Morgan fingerprint density at radius 3 is 2.36 bits per heavy atom. The molecular formula is C8H4ClFO4. The van der Waals surface area contributed by atoms with E-state index in [-0.39, 0.29) is 0 Å². The third-order valence-corrected chi connectivity index (χ3v) is 1.76. The van der Waals surface area contributed by atoms with Crippen LogP contribution in [-0.4, -0.2) is 22.0 Å². The van der Waals surface area contributed by atoms with Gasteiger partial charge in [-0.15, -0.1) is 0 Å². The second kappa shape index (κ2) is 3.63. The van der Waals surface area contributed by atoms with E-state index in [0.29, 0.717) is 6.07 Å². The monoisotopic (exact) mass is 218 g/mol. The number of aliphatic carboxylic acids is 1. The number of benzene rings is 1. The fourth-order valence-electron chi connectivity index (χ4n) is 0.820. The van der Waals surface area contributed by atoms with Crippen LogP contribution in [0.4, 0.5) is 4.39 Å². The number of carbonyl (C=O) groups excluding carboxylic acids is 1. The molecule has 0 aliphatic rings. The summed E-state index contributed by atoms with van der Waals surface area (Å²) in [6.45, 7) is 0. The first kappa shape index (κ1) is 10.5. The summed E-state index contributed by atoms with van der Waals surface area (Å²) in [5.74, 6) is -4.95. The molecule has 1 aromatic carbocycles. The van der Waals surface area contributed by atoms with Gasteiger partial charge in [-0.05, 0) is 12.1 Å². The Bertz CT molecular complexity index is 393. The lowest BCUT2D eigenvalue weighted by molar-refractivity contribution is -0.131. The molecule has 0 unspecified atom stereocenters. The van der Waals surface area contributed by atoms with Gasteiger partial charge in [0.15, 0.2) is 11.6 Å². The molecule has 0 aromatic heterocycles. The number of carbonyl (C=O) groups is 2. The maximum absolute atomic E-state index is 12.8. The number of phenols is 1. The minimum absolute atomic E-state index is 0.408. The van der Waals surface area contributed by atoms with E-state index in [1.165, 1.54) is 0 Å². The maximum atomic E-state index is 12.8. The molecule has 0 heterocycles. The molecule has 0 spiro atoms. The Morgan fingerprint density at radius 1 is 1.36 bits per heavy atom. The first-order chi connectivity index (χ1) is 6.43. The molecule has 0 aliphatic carbocycles. The van der Waals surface area contributed by atoms with Gasteiger partial charge in [-0.2, -0.15) is 0 Å². The highest BCUT2D eigenvalue weighted by Crippen LogP contribution is 2.27. The quantitative estimate of drug-likeness (QED) is 0.582. The van der Waals surface area contributed by atoms with E-state index in [2.05, 4.69) is 0 Å². The Labute approximate surface area is 82.5 Å². The van der Waals surface area contributed by atoms with Crippen LogP contribution in [0.5, 0.6) is 5.75 Å². The highest BCUT2D eigenvalue weighted by atomic mass is 35.5. The molecule has 1 aromatic rings. The number of carboxylic acids is 1. The molecule has 0 bridgehead atoms. The van der Waals surface area contributed by atoms with Crippen LogP contribution in [0.1, 0.15) is 10.4 Å². The van der Waals surface area contributed by atoms with E-state index in [1.54, 1.807) is 0 Å². The number of hydrogen-bond donors (Lipinski definition) is 2. The van der Waals surface area contributed by atoms with Crippen molar-refractivity contribution in [1.29, 1.82) is 0 Å². The fraction of sp³-hybridized carbons (Fsp3) is 0. The molecule has 6 heteroatoms. The van der Waals surface area contributed by atoms with E-state index in [9.17, 15) is 14.0 Å². The number of halogens is 2. The van der Waals surface area contributed by atoms with Crippen molar-refractivity contribution >= 4 is 23.4 Å². The van der Waals surface area contributed by atoms with E-state index in [0.717, 1.165) is 6.07 Å². The number of phenolic OH excluding ortho intramolecular Hbond substituents is 1. The second-order valence-corrected chi connectivity index (χ2v) is 2.83. The average molecular weight is 219 g/mol. The van der Waals surface area contributed by atoms with Crippen molar-refractivity contribution in [1.82, 2.24) is 0 Å². The lowest BCUT2D eigenvalue weighted by Gasteiger charge is -2.00. The fourth-order valence-corrected chi connectivity index (χ4v) is 1.03. The van der Waals surface area contributed by atoms with Crippen LogP contribution >= 0.6 is 11.6 Å². The summed E-state index contributed by atoms with van der Waals surface area (Å²) in [6, 6.07) is 1.49. The Hall–Kier alpha value is -1.62. The minimum Gasteiger partial charge on any atom is -0.504 e. The zero-order valence-corrected chi connectivity index (χ0v) is 7.38. The zero-order valence-electron chi connectivity index (χ0n) is 6.62. The SMILES string of the molecule is O=C(O)C(=O)c1cc(F)c(O)c(Cl)c1. The molecule has 0 saturated heterocycles. The van der Waals surface area contributed by atoms with Crippen LogP contribution in [0.3, 0.4) is 0 Å². The summed E-state index contributed by atoms with van der Waals surface area (Å²) >= 11 is 5.33. The number of ketones is 1. The standard InChI is InChI=1S/C8H4ClFO4/c9-4-1-3(6(11)8(13)14)2-5(10)7(4)12/h1-2,12H,(H,13,14). The molecule has 0 aliphatic heterocycles. The summed E-state index contributed by atoms with van der Waals surface area (Å²) in [7, 11) is 0. The summed E-state index contributed by atoms with van der Waals surface area (Å²) in [5, 5.41) is 16.8. The molecule has 4 nitrogen and oxygen atoms in total. The molecule has 0 saturated carbocycles. The first-order valence-corrected chi connectivity index (χ1v) is 3.77. The molecule has 0 atom stereocenters. The molecule has 0 amide bonds. The second-order valence-electron chi connectivity index (χ2n) is 2.42. The van der Waals surface area contributed by atoms with E-state index < -0.39 is 33.9 Å². The Kier molecular flexibility index (Phi) is 2.71. The van der Waals surface area contributed by atoms with Crippen LogP contribution in [0.15, 0.2) is 12.1 Å². The van der Waals surface area contributed by atoms with Gasteiger partial charge < -0.3 is 10.2 Å². The summed E-state index contributed by atoms with van der Waals surface area (Å²) < 4.78 is 12.8. The largest absolute Gasteiger partial charge is 0.504 e. The highest BCUT2D eigenvalue weighted by Gasteiger charge is 2.18. The lowest BCUT2D eigenvalue weighted by atomic mass is 10.1. The highest BCUT2D eigenvalue weighted by molar-refractivity contribution is 6.40. The molecule has 2 N–H and O–H groups in total. The van der Waals surface area contributed by atoms with Crippen molar-refractivity contribution in [2.75, 3.05) is 0 Å². The van der Waals surface area contributed by atoms with E-state index in [4.69, 9.17) is 21.8 Å². The molecule has 0 radical (unpaired) electrons.